The van der Waals surface area contributed by atoms with Crippen molar-refractivity contribution in [3.63, 3.8) is 0 Å². The van der Waals surface area contributed by atoms with Crippen molar-refractivity contribution in [2.24, 2.45) is 5.73 Å². The van der Waals surface area contributed by atoms with Crippen molar-refractivity contribution in [3.05, 3.63) is 23.8 Å². The number of hydrogen-bond donors (Lipinski definition) is 4. The van der Waals surface area contributed by atoms with Crippen LogP contribution in [0.4, 0.5) is 0 Å². The smallest absolute Gasteiger partial charge is 0.231 e. The third kappa shape index (κ3) is 3.14. The minimum Gasteiger partial charge on any atom is -0.508 e. The van der Waals surface area contributed by atoms with E-state index in [2.05, 4.69) is 5.32 Å². The summed E-state index contributed by atoms with van der Waals surface area (Å²) in [5, 5.41) is 21.6. The van der Waals surface area contributed by atoms with E-state index in [1.807, 2.05) is 0 Å². The molecular weight excluding hydrogens is 196 g/mol. The van der Waals surface area contributed by atoms with Gasteiger partial charge in [-0.15, -0.1) is 0 Å². The monoisotopic (exact) mass is 210 g/mol. The number of hydrogen-bond acceptors (Lipinski definition) is 4. The summed E-state index contributed by atoms with van der Waals surface area (Å²) in [5.41, 5.74) is 5.50. The van der Waals surface area contributed by atoms with E-state index in [4.69, 9.17) is 5.73 Å². The number of rotatable bonds is 4. The van der Waals surface area contributed by atoms with Crippen LogP contribution in [0.15, 0.2) is 18.2 Å². The third-order valence-electron chi connectivity index (χ3n) is 2.06. The van der Waals surface area contributed by atoms with Crippen molar-refractivity contribution in [3.8, 4) is 11.5 Å². The maximum Gasteiger partial charge on any atom is 0.231 e. The summed E-state index contributed by atoms with van der Waals surface area (Å²) >= 11 is 0. The molecule has 5 nitrogen and oxygen atoms in total. The minimum absolute atomic E-state index is 0.0241. The summed E-state index contributed by atoms with van der Waals surface area (Å²) in [6.07, 6.45) is 0. The average Bonchev–Trinajstić information content (AvgIpc) is 2.18. The highest BCUT2D eigenvalue weighted by molar-refractivity contribution is 5.75. The van der Waals surface area contributed by atoms with Crippen LogP contribution in [0.3, 0.4) is 0 Å². The van der Waals surface area contributed by atoms with Gasteiger partial charge in [-0.25, -0.2) is 0 Å². The second kappa shape index (κ2) is 4.65. The number of phenolic OH excluding ortho intramolecular Hbond substituents is 2. The molecule has 0 radical (unpaired) electrons. The summed E-state index contributed by atoms with van der Waals surface area (Å²) < 4.78 is 0. The number of nitrogens with two attached hydrogens (primary N) is 1. The van der Waals surface area contributed by atoms with Crippen LogP contribution in [0.5, 0.6) is 11.5 Å². The molecule has 5 N–H and O–H groups in total. The molecule has 1 atom stereocenters. The number of primary amides is 1. The Morgan fingerprint density at radius 3 is 2.80 bits per heavy atom. The van der Waals surface area contributed by atoms with Crippen LogP contribution >= 0.6 is 0 Å². The predicted molar refractivity (Wildman–Crippen MR) is 55.4 cm³/mol. The molecule has 0 aliphatic carbocycles. The zero-order valence-electron chi connectivity index (χ0n) is 8.40. The molecule has 1 unspecified atom stereocenters. The molecule has 1 aromatic rings. The second-order valence-corrected chi connectivity index (χ2v) is 3.31. The number of nitrogens with one attached hydrogen (secondary N) is 1. The molecule has 0 spiro atoms. The summed E-state index contributed by atoms with van der Waals surface area (Å²) in [7, 11) is 0. The molecule has 0 aliphatic rings. The van der Waals surface area contributed by atoms with Crippen molar-refractivity contribution < 1.29 is 15.0 Å². The fourth-order valence-electron chi connectivity index (χ4n) is 1.25. The van der Waals surface area contributed by atoms with E-state index in [9.17, 15) is 15.0 Å². The van der Waals surface area contributed by atoms with Gasteiger partial charge < -0.3 is 21.3 Å². The molecule has 0 saturated carbocycles. The lowest BCUT2D eigenvalue weighted by Crippen LogP contribution is -2.30. The highest BCUT2D eigenvalue weighted by Crippen LogP contribution is 2.27. The van der Waals surface area contributed by atoms with Gasteiger partial charge in [-0.1, -0.05) is 0 Å². The number of aromatic hydroxyl groups is 2. The predicted octanol–water partition coefficient (Wildman–Crippen LogP) is 0.234. The van der Waals surface area contributed by atoms with E-state index in [0.717, 1.165) is 0 Å². The first-order valence-corrected chi connectivity index (χ1v) is 4.54. The van der Waals surface area contributed by atoms with Crippen molar-refractivity contribution in [1.29, 1.82) is 0 Å². The van der Waals surface area contributed by atoms with Crippen LogP contribution in [0, 0.1) is 0 Å². The van der Waals surface area contributed by atoms with Crippen LogP contribution in [0.1, 0.15) is 18.5 Å². The number of phenols is 2. The highest BCUT2D eigenvalue weighted by Gasteiger charge is 2.11. The first-order valence-electron chi connectivity index (χ1n) is 4.54. The van der Waals surface area contributed by atoms with Gasteiger partial charge in [0.15, 0.2) is 0 Å². The van der Waals surface area contributed by atoms with Gasteiger partial charge in [-0.05, 0) is 25.1 Å². The molecule has 15 heavy (non-hydrogen) atoms. The maximum atomic E-state index is 10.5. The number of benzene rings is 1. The second-order valence-electron chi connectivity index (χ2n) is 3.31. The van der Waals surface area contributed by atoms with E-state index in [0.29, 0.717) is 5.56 Å². The largest absolute Gasteiger partial charge is 0.508 e. The van der Waals surface area contributed by atoms with Gasteiger partial charge in [0, 0.05) is 11.6 Å². The van der Waals surface area contributed by atoms with Gasteiger partial charge in [-0.3, -0.25) is 4.79 Å². The van der Waals surface area contributed by atoms with Gasteiger partial charge in [0.05, 0.1) is 6.54 Å². The lowest BCUT2D eigenvalue weighted by atomic mass is 10.1. The van der Waals surface area contributed by atoms with E-state index in [1.165, 1.54) is 18.2 Å². The lowest BCUT2D eigenvalue weighted by molar-refractivity contribution is -0.117. The van der Waals surface area contributed by atoms with Gasteiger partial charge in [0.1, 0.15) is 11.5 Å². The zero-order valence-corrected chi connectivity index (χ0v) is 8.40. The molecule has 1 amide bonds. The van der Waals surface area contributed by atoms with Gasteiger partial charge in [-0.2, -0.15) is 0 Å². The van der Waals surface area contributed by atoms with Crippen LogP contribution in [-0.2, 0) is 4.79 Å². The van der Waals surface area contributed by atoms with E-state index in [1.54, 1.807) is 6.92 Å². The fraction of sp³-hybridized carbons (Fsp3) is 0.300. The maximum absolute atomic E-state index is 10.5. The molecule has 82 valence electrons. The number of amides is 1. The van der Waals surface area contributed by atoms with E-state index < -0.39 is 5.91 Å². The molecule has 1 rings (SSSR count). The standard InChI is InChI=1S/C10H14N2O3/c1-6(12-5-10(11)15)8-4-7(13)2-3-9(8)14/h2-4,6,12-14H,5H2,1H3,(H2,11,15). The Labute approximate surface area is 87.5 Å². The molecule has 5 heteroatoms. The Morgan fingerprint density at radius 1 is 1.53 bits per heavy atom. The number of carbonyl (C=O) groups excluding carboxylic acids is 1. The highest BCUT2D eigenvalue weighted by atomic mass is 16.3. The number of carbonyl (C=O) groups is 1. The lowest BCUT2D eigenvalue weighted by Gasteiger charge is -2.14. The van der Waals surface area contributed by atoms with Crippen LogP contribution in [0.25, 0.3) is 0 Å². The molecule has 0 aromatic heterocycles. The average molecular weight is 210 g/mol. The zero-order chi connectivity index (χ0) is 11.4. The van der Waals surface area contributed by atoms with Crippen molar-refractivity contribution in [2.75, 3.05) is 6.54 Å². The van der Waals surface area contributed by atoms with Crippen molar-refractivity contribution in [1.82, 2.24) is 5.32 Å². The Balaban J connectivity index is 2.76. The Bertz CT molecular complexity index is 366. The summed E-state index contributed by atoms with van der Waals surface area (Å²) in [4.78, 5) is 10.5. The van der Waals surface area contributed by atoms with E-state index >= 15 is 0 Å². The Morgan fingerprint density at radius 2 is 2.20 bits per heavy atom. The molecule has 0 fully saturated rings. The first kappa shape index (κ1) is 11.3. The van der Waals surface area contributed by atoms with Crippen LogP contribution in [0.2, 0.25) is 0 Å². The van der Waals surface area contributed by atoms with Gasteiger partial charge in [0.2, 0.25) is 5.91 Å². The summed E-state index contributed by atoms with van der Waals surface area (Å²) in [6, 6.07) is 3.96. The molecule has 0 heterocycles. The minimum atomic E-state index is -0.471. The molecular formula is C10H14N2O3. The quantitative estimate of drug-likeness (QED) is 0.535. The van der Waals surface area contributed by atoms with Crippen molar-refractivity contribution in [2.45, 2.75) is 13.0 Å². The molecule has 1 aromatic carbocycles. The topological polar surface area (TPSA) is 95.6 Å². The molecule has 0 bridgehead atoms. The van der Waals surface area contributed by atoms with Crippen LogP contribution in [-0.4, -0.2) is 22.7 Å². The third-order valence-corrected chi connectivity index (χ3v) is 2.06. The Hall–Kier alpha value is -1.75. The van der Waals surface area contributed by atoms with Crippen molar-refractivity contribution >= 4 is 5.91 Å². The fourth-order valence-corrected chi connectivity index (χ4v) is 1.25. The molecule has 0 saturated heterocycles. The molecule has 0 aliphatic heterocycles. The first-order chi connectivity index (χ1) is 7.00. The SMILES string of the molecule is CC(NCC(N)=O)c1cc(O)ccc1O. The summed E-state index contributed by atoms with van der Waals surface area (Å²) in [5.74, 6) is -0.339. The van der Waals surface area contributed by atoms with Gasteiger partial charge >= 0.3 is 0 Å². The Kier molecular flexibility index (Phi) is 3.51. The van der Waals surface area contributed by atoms with E-state index in [-0.39, 0.29) is 24.1 Å². The normalized spacial score (nSPS) is 12.3. The summed E-state index contributed by atoms with van der Waals surface area (Å²) in [6.45, 7) is 1.79. The van der Waals surface area contributed by atoms with Gasteiger partial charge in [0.25, 0.3) is 0 Å². The van der Waals surface area contributed by atoms with Crippen LogP contribution < -0.4 is 11.1 Å².